The maximum absolute atomic E-state index is 12.3. The number of hydrogen-bond acceptors (Lipinski definition) is 19. The fourth-order valence-electron chi connectivity index (χ4n) is 8.77. The molecule has 3 aliphatic heterocycles. The van der Waals surface area contributed by atoms with Gasteiger partial charge in [-0.2, -0.15) is 0 Å². The Kier molecular flexibility index (Phi) is 15.0. The number of carbonyl (C=O) groups is 3. The topological polar surface area (TPSA) is 268 Å². The van der Waals surface area contributed by atoms with Gasteiger partial charge in [0.25, 0.3) is 0 Å². The number of halogens is 1. The fraction of sp³-hybridized carbons (Fsp3) is 0.553. The summed E-state index contributed by atoms with van der Waals surface area (Å²) in [4.78, 5) is 82.9. The number of hydrogen-bond donors (Lipinski definition) is 3. The van der Waals surface area contributed by atoms with E-state index in [9.17, 15) is 19.5 Å². The number of amides is 2. The number of aryl methyl sites for hydroxylation is 2. The molecule has 2 atom stereocenters. The van der Waals surface area contributed by atoms with Crippen molar-refractivity contribution in [2.75, 3.05) is 43.9 Å². The zero-order chi connectivity index (χ0) is 50.9. The summed E-state index contributed by atoms with van der Waals surface area (Å²) in [5.74, 6) is 3.12. The smallest absolute Gasteiger partial charge is 0.463 e. The maximum Gasteiger partial charge on any atom is 0.498 e. The third kappa shape index (κ3) is 10.8. The van der Waals surface area contributed by atoms with Gasteiger partial charge in [-0.15, -0.1) is 0 Å². The van der Waals surface area contributed by atoms with E-state index in [1.54, 1.807) is 18.7 Å². The van der Waals surface area contributed by atoms with Crippen LogP contribution >= 0.6 is 22.6 Å². The number of aliphatic hydroxyl groups excluding tert-OH is 1. The quantitative estimate of drug-likeness (QED) is 0.0683. The van der Waals surface area contributed by atoms with E-state index in [1.165, 1.54) is 25.8 Å². The van der Waals surface area contributed by atoms with Crippen molar-refractivity contribution in [2.45, 2.75) is 123 Å². The predicted molar refractivity (Wildman–Crippen MR) is 273 cm³/mol. The van der Waals surface area contributed by atoms with Gasteiger partial charge in [0, 0.05) is 116 Å². The molecule has 11 rings (SSSR count). The molecule has 0 spiro atoms. The second-order valence-corrected chi connectivity index (χ2v) is 20.4. The highest BCUT2D eigenvalue weighted by molar-refractivity contribution is 14.1. The van der Waals surface area contributed by atoms with E-state index in [-0.39, 0.29) is 36.3 Å². The number of fused-ring (bicyclic) bond motifs is 2. The molecule has 0 bridgehead atoms. The molecule has 0 unspecified atom stereocenters. The van der Waals surface area contributed by atoms with Gasteiger partial charge in [-0.1, -0.05) is 0 Å². The standard InChI is InChI=1S/C20H24N8O2.C15H19IN6O.C12H17BN2O4/c1-2-28-18(13-7-21-15(10-29)22-8-13)26-16-17(23-11-24-19(16)28)25-14-5-6-27(9-14)20(30)12-3-4-12;1-2-22-13-11(20-15(22)16)12(17-8-18-13)19-10-5-6-21(7-10)14(23)9-3-4-9;1-11(2)12(3,4)19-13(18-11)8-6-14-9(15-7-8)10(16)17-5/h7-8,11-12,14,29H,2-6,9-10H2,1H3,(H,23,24,25);8-10H,2-7H2,1H3,(H,17,18,19);6-7H,1-5H3/t14-;10-;/m00./s1. The summed E-state index contributed by atoms with van der Waals surface area (Å²) in [6, 6.07) is 0.383. The number of nitrogens with zero attached hydrogens (tertiary/aromatic N) is 14. The van der Waals surface area contributed by atoms with E-state index in [2.05, 4.69) is 94.3 Å². The van der Waals surface area contributed by atoms with E-state index >= 15 is 0 Å². The normalized spacial score (nSPS) is 20.0. The first-order chi connectivity index (χ1) is 34.6. The van der Waals surface area contributed by atoms with Crippen molar-refractivity contribution in [3.8, 4) is 11.4 Å². The maximum atomic E-state index is 12.3. The number of anilines is 2. The molecule has 6 aromatic heterocycles. The average molecular weight is 1100 g/mol. The summed E-state index contributed by atoms with van der Waals surface area (Å²) in [6.07, 6.45) is 15.5. The monoisotopic (exact) mass is 1100 g/mol. The molecule has 9 heterocycles. The summed E-state index contributed by atoms with van der Waals surface area (Å²) < 4.78 is 21.2. The lowest BCUT2D eigenvalue weighted by molar-refractivity contribution is -0.132. The lowest BCUT2D eigenvalue weighted by atomic mass is 9.81. The van der Waals surface area contributed by atoms with Crippen molar-refractivity contribution in [2.24, 2.45) is 11.8 Å². The zero-order valence-corrected chi connectivity index (χ0v) is 43.7. The minimum Gasteiger partial charge on any atom is -0.463 e. The van der Waals surface area contributed by atoms with Crippen LogP contribution in [0.15, 0.2) is 37.4 Å². The Bertz CT molecular complexity index is 2910. The molecule has 3 saturated heterocycles. The number of rotatable bonds is 12. The van der Waals surface area contributed by atoms with Gasteiger partial charge in [-0.25, -0.2) is 54.6 Å². The van der Waals surface area contributed by atoms with Crippen molar-refractivity contribution in [1.29, 1.82) is 0 Å². The molecule has 5 aliphatic rings. The molecule has 23 nitrogen and oxygen atoms in total. The van der Waals surface area contributed by atoms with Gasteiger partial charge in [-0.05, 0) is 80.1 Å². The van der Waals surface area contributed by atoms with E-state index in [4.69, 9.17) is 14.3 Å². The predicted octanol–water partition coefficient (Wildman–Crippen LogP) is 3.65. The Morgan fingerprint density at radius 3 is 1.69 bits per heavy atom. The van der Waals surface area contributed by atoms with Gasteiger partial charge < -0.3 is 48.7 Å². The number of aliphatic hydroxyl groups is 1. The summed E-state index contributed by atoms with van der Waals surface area (Å²) in [6.45, 7) is 16.4. The Hall–Kier alpha value is -6.06. The van der Waals surface area contributed by atoms with Crippen LogP contribution in [0.25, 0.3) is 33.7 Å². The van der Waals surface area contributed by atoms with Crippen LogP contribution in [0.1, 0.15) is 96.5 Å². The average Bonchev–Trinajstić information content (AvgIpc) is 4.21. The molecular formula is C47H60BIN16O7. The highest BCUT2D eigenvalue weighted by Crippen LogP contribution is 2.37. The van der Waals surface area contributed by atoms with Gasteiger partial charge in [0.1, 0.15) is 25.1 Å². The van der Waals surface area contributed by atoms with E-state index in [1.807, 2.05) is 49.0 Å². The Morgan fingerprint density at radius 2 is 1.22 bits per heavy atom. The first-order valence-electron chi connectivity index (χ1n) is 24.5. The minimum atomic E-state index is -0.569. The van der Waals surface area contributed by atoms with Crippen molar-refractivity contribution in [3.63, 3.8) is 0 Å². The zero-order valence-electron chi connectivity index (χ0n) is 41.6. The van der Waals surface area contributed by atoms with Crippen LogP contribution in [-0.4, -0.2) is 155 Å². The SMILES string of the molecule is CCn1c(-c2cnc(CO)nc2)nc2c(N[C@H]3CCN(C(=O)C4CC4)C3)ncnc21.CCn1c(I)nc2c(N[C@H]3CCN(C(=O)C4CC4)C3)ncnc21.COC(=O)c1ncc(B2OC(C)(C)C(C)(C)O2)cn1. The lowest BCUT2D eigenvalue weighted by Gasteiger charge is -2.32. The number of methoxy groups -OCH3 is 1. The van der Waals surface area contributed by atoms with Crippen LogP contribution in [0.3, 0.4) is 0 Å². The first-order valence-corrected chi connectivity index (χ1v) is 25.6. The first kappa shape index (κ1) is 50.9. The number of ether oxygens (including phenoxy) is 1. The Labute approximate surface area is 430 Å². The minimum absolute atomic E-state index is 0.0165. The van der Waals surface area contributed by atoms with Crippen LogP contribution in [0.2, 0.25) is 0 Å². The Balaban J connectivity index is 0.000000137. The summed E-state index contributed by atoms with van der Waals surface area (Å²) >= 11 is 2.22. The third-order valence-corrected chi connectivity index (χ3v) is 14.7. The number of nitrogens with one attached hydrogen (secondary N) is 2. The summed E-state index contributed by atoms with van der Waals surface area (Å²) in [7, 11) is 0.755. The van der Waals surface area contributed by atoms with Crippen LogP contribution in [0.5, 0.6) is 0 Å². The molecule has 2 saturated carbocycles. The lowest BCUT2D eigenvalue weighted by Crippen LogP contribution is -2.41. The van der Waals surface area contributed by atoms with Gasteiger partial charge in [0.05, 0.1) is 23.9 Å². The van der Waals surface area contributed by atoms with Crippen LogP contribution < -0.4 is 16.1 Å². The summed E-state index contributed by atoms with van der Waals surface area (Å²) in [5, 5.41) is 16.1. The fourth-order valence-corrected chi connectivity index (χ4v) is 9.58. The van der Waals surface area contributed by atoms with Crippen LogP contribution in [-0.2, 0) is 43.3 Å². The van der Waals surface area contributed by atoms with E-state index in [0.717, 1.165) is 96.7 Å². The number of carbonyl (C=O) groups excluding carboxylic acids is 3. The number of aromatic nitrogens is 12. The molecule has 3 N–H and O–H groups in total. The number of likely N-dealkylation sites (tertiary alicyclic amines) is 2. The highest BCUT2D eigenvalue weighted by Gasteiger charge is 2.52. The van der Waals surface area contributed by atoms with Gasteiger partial charge >= 0.3 is 13.1 Å². The summed E-state index contributed by atoms with van der Waals surface area (Å²) in [5.41, 5.74) is 3.68. The second kappa shape index (κ2) is 21.2. The number of imidazole rings is 2. The van der Waals surface area contributed by atoms with Crippen molar-refractivity contribution >= 4 is 86.9 Å². The van der Waals surface area contributed by atoms with E-state index in [0.29, 0.717) is 53.4 Å². The molecule has 72 heavy (non-hydrogen) atoms. The second-order valence-electron chi connectivity index (χ2n) is 19.4. The van der Waals surface area contributed by atoms with E-state index < -0.39 is 24.3 Å². The van der Waals surface area contributed by atoms with Gasteiger partial charge in [0.15, 0.2) is 43.6 Å². The molecule has 2 aliphatic carbocycles. The Morgan fingerprint density at radius 1 is 0.722 bits per heavy atom. The molecule has 6 aromatic rings. The molecule has 380 valence electrons. The van der Waals surface area contributed by atoms with Crippen molar-refractivity contribution in [3.05, 3.63) is 52.9 Å². The third-order valence-electron chi connectivity index (χ3n) is 13.9. The number of esters is 1. The highest BCUT2D eigenvalue weighted by atomic mass is 127. The molecular weight excluding hydrogens is 1040 g/mol. The van der Waals surface area contributed by atoms with Gasteiger partial charge in [0.2, 0.25) is 17.6 Å². The molecule has 0 aromatic carbocycles. The molecule has 5 fully saturated rings. The van der Waals surface area contributed by atoms with Crippen molar-refractivity contribution < 1.29 is 33.5 Å². The molecule has 25 heteroatoms. The van der Waals surface area contributed by atoms with Crippen LogP contribution in [0.4, 0.5) is 11.6 Å². The largest absolute Gasteiger partial charge is 0.498 e. The molecule has 2 amide bonds. The van der Waals surface area contributed by atoms with Crippen molar-refractivity contribution in [1.82, 2.24) is 68.8 Å². The van der Waals surface area contributed by atoms with Gasteiger partial charge in [-0.3, -0.25) is 9.59 Å². The van der Waals surface area contributed by atoms with Crippen LogP contribution in [0, 0.1) is 15.7 Å². The molecule has 0 radical (unpaired) electrons.